The Morgan fingerprint density at radius 2 is 2.46 bits per heavy atom. The first-order valence-corrected chi connectivity index (χ1v) is 4.80. The van der Waals surface area contributed by atoms with Crippen molar-refractivity contribution in [1.29, 1.82) is 0 Å². The molecule has 2 N–H and O–H groups in total. The van der Waals surface area contributed by atoms with Gasteiger partial charge in [0.1, 0.15) is 5.69 Å². The molecule has 2 aromatic heterocycles. The smallest absolute Gasteiger partial charge is 0.105 e. The summed E-state index contributed by atoms with van der Waals surface area (Å²) >= 11 is 1.63. The minimum absolute atomic E-state index is 0.145. The van der Waals surface area contributed by atoms with Gasteiger partial charge in [-0.15, -0.1) is 16.4 Å². The van der Waals surface area contributed by atoms with Crippen molar-refractivity contribution in [3.8, 4) is 0 Å². The summed E-state index contributed by atoms with van der Waals surface area (Å²) < 4.78 is 1.66. The van der Waals surface area contributed by atoms with Crippen LogP contribution in [-0.4, -0.2) is 15.0 Å². The van der Waals surface area contributed by atoms with Crippen LogP contribution in [0.4, 0.5) is 0 Å². The molecule has 0 aliphatic carbocycles. The van der Waals surface area contributed by atoms with Crippen LogP contribution in [0.15, 0.2) is 23.7 Å². The van der Waals surface area contributed by atoms with Crippen molar-refractivity contribution in [1.82, 2.24) is 15.0 Å². The number of aromatic nitrogens is 3. The first-order valence-electron chi connectivity index (χ1n) is 3.92. The van der Waals surface area contributed by atoms with Crippen LogP contribution in [0.1, 0.15) is 16.6 Å². The lowest BCUT2D eigenvalue weighted by Crippen LogP contribution is -2.10. The summed E-state index contributed by atoms with van der Waals surface area (Å²) in [7, 11) is 1.83. The Morgan fingerprint density at radius 1 is 1.62 bits per heavy atom. The molecule has 2 heterocycles. The average molecular weight is 194 g/mol. The summed E-state index contributed by atoms with van der Waals surface area (Å²) in [5.41, 5.74) is 6.78. The van der Waals surface area contributed by atoms with E-state index in [9.17, 15) is 0 Å². The van der Waals surface area contributed by atoms with E-state index < -0.39 is 0 Å². The van der Waals surface area contributed by atoms with E-state index in [2.05, 4.69) is 10.3 Å². The molecular weight excluding hydrogens is 184 g/mol. The van der Waals surface area contributed by atoms with Crippen LogP contribution in [0, 0.1) is 0 Å². The minimum atomic E-state index is -0.145. The van der Waals surface area contributed by atoms with Crippen molar-refractivity contribution in [2.75, 3.05) is 0 Å². The normalized spacial score (nSPS) is 13.1. The average Bonchev–Trinajstić information content (AvgIpc) is 2.72. The van der Waals surface area contributed by atoms with E-state index in [-0.39, 0.29) is 6.04 Å². The van der Waals surface area contributed by atoms with Gasteiger partial charge in [-0.25, -0.2) is 0 Å². The molecule has 4 nitrogen and oxygen atoms in total. The van der Waals surface area contributed by atoms with Gasteiger partial charge < -0.3 is 5.73 Å². The zero-order chi connectivity index (χ0) is 9.26. The van der Waals surface area contributed by atoms with Gasteiger partial charge in [0.15, 0.2) is 0 Å². The lowest BCUT2D eigenvalue weighted by molar-refractivity contribution is 0.711. The van der Waals surface area contributed by atoms with Crippen molar-refractivity contribution in [3.05, 3.63) is 34.3 Å². The summed E-state index contributed by atoms with van der Waals surface area (Å²) in [5, 5.41) is 9.81. The quantitative estimate of drug-likeness (QED) is 0.773. The standard InChI is InChI=1S/C8H10N4S/c1-12-5-6(10-11-12)8(9)7-3-2-4-13-7/h2-5,8H,9H2,1H3. The van der Waals surface area contributed by atoms with E-state index in [0.29, 0.717) is 0 Å². The van der Waals surface area contributed by atoms with Gasteiger partial charge in [0.25, 0.3) is 0 Å². The molecular formula is C8H10N4S. The molecule has 0 aromatic carbocycles. The SMILES string of the molecule is Cn1cc(C(N)c2cccs2)nn1. The molecule has 1 atom stereocenters. The summed E-state index contributed by atoms with van der Waals surface area (Å²) in [5.74, 6) is 0. The van der Waals surface area contributed by atoms with Crippen LogP contribution < -0.4 is 5.73 Å². The summed E-state index contributed by atoms with van der Waals surface area (Å²) in [6.07, 6.45) is 1.84. The van der Waals surface area contributed by atoms with Gasteiger partial charge in [-0.1, -0.05) is 11.3 Å². The van der Waals surface area contributed by atoms with Crippen molar-refractivity contribution >= 4 is 11.3 Å². The number of hydrogen-bond donors (Lipinski definition) is 1. The van der Waals surface area contributed by atoms with E-state index in [1.807, 2.05) is 30.8 Å². The predicted octanol–water partition coefficient (Wildman–Crippen LogP) is 0.925. The fourth-order valence-corrected chi connectivity index (χ4v) is 1.86. The van der Waals surface area contributed by atoms with Gasteiger partial charge in [0.05, 0.1) is 12.2 Å². The van der Waals surface area contributed by atoms with Crippen LogP contribution in [0.3, 0.4) is 0 Å². The van der Waals surface area contributed by atoms with Gasteiger partial charge in [0, 0.05) is 11.9 Å². The highest BCUT2D eigenvalue weighted by Gasteiger charge is 2.12. The molecule has 0 bridgehead atoms. The molecule has 2 aromatic rings. The van der Waals surface area contributed by atoms with Gasteiger partial charge in [0.2, 0.25) is 0 Å². The molecule has 0 aliphatic heterocycles. The van der Waals surface area contributed by atoms with Gasteiger partial charge >= 0.3 is 0 Å². The van der Waals surface area contributed by atoms with Crippen LogP contribution in [0.25, 0.3) is 0 Å². The molecule has 0 fully saturated rings. The lowest BCUT2D eigenvalue weighted by Gasteiger charge is -2.03. The largest absolute Gasteiger partial charge is 0.318 e. The summed E-state index contributed by atoms with van der Waals surface area (Å²) in [6.45, 7) is 0. The third-order valence-corrected chi connectivity index (χ3v) is 2.74. The van der Waals surface area contributed by atoms with E-state index in [0.717, 1.165) is 10.6 Å². The van der Waals surface area contributed by atoms with Crippen LogP contribution in [0.2, 0.25) is 0 Å². The Bertz CT molecular complexity index is 379. The Kier molecular flexibility index (Phi) is 2.12. The third-order valence-electron chi connectivity index (χ3n) is 1.79. The summed E-state index contributed by atoms with van der Waals surface area (Å²) in [6, 6.07) is 3.84. The van der Waals surface area contributed by atoms with Crippen molar-refractivity contribution in [2.24, 2.45) is 12.8 Å². The molecule has 1 unspecified atom stereocenters. The van der Waals surface area contributed by atoms with E-state index in [1.165, 1.54) is 0 Å². The van der Waals surface area contributed by atoms with Gasteiger partial charge in [-0.05, 0) is 11.4 Å². The number of nitrogens with zero attached hydrogens (tertiary/aromatic N) is 3. The lowest BCUT2D eigenvalue weighted by atomic mass is 10.2. The fourth-order valence-electron chi connectivity index (χ4n) is 1.12. The van der Waals surface area contributed by atoms with Crippen LogP contribution in [0.5, 0.6) is 0 Å². The van der Waals surface area contributed by atoms with Crippen LogP contribution >= 0.6 is 11.3 Å². The molecule has 5 heteroatoms. The van der Waals surface area contributed by atoms with Gasteiger partial charge in [-0.2, -0.15) is 0 Å². The molecule has 68 valence electrons. The van der Waals surface area contributed by atoms with Crippen molar-refractivity contribution < 1.29 is 0 Å². The maximum atomic E-state index is 5.97. The maximum Gasteiger partial charge on any atom is 0.105 e. The molecule has 0 spiro atoms. The summed E-state index contributed by atoms with van der Waals surface area (Å²) in [4.78, 5) is 1.11. The first kappa shape index (κ1) is 8.40. The topological polar surface area (TPSA) is 56.7 Å². The number of nitrogens with two attached hydrogens (primary N) is 1. The monoisotopic (exact) mass is 194 g/mol. The molecule has 0 saturated heterocycles. The highest BCUT2D eigenvalue weighted by Crippen LogP contribution is 2.21. The second-order valence-corrected chi connectivity index (χ2v) is 3.79. The van der Waals surface area contributed by atoms with E-state index in [4.69, 9.17) is 5.73 Å². The zero-order valence-corrected chi connectivity index (χ0v) is 8.03. The molecule has 0 aliphatic rings. The second kappa shape index (κ2) is 3.27. The predicted molar refractivity (Wildman–Crippen MR) is 51.4 cm³/mol. The Balaban J connectivity index is 2.28. The van der Waals surface area contributed by atoms with Crippen LogP contribution in [-0.2, 0) is 7.05 Å². The molecule has 0 radical (unpaired) electrons. The second-order valence-electron chi connectivity index (χ2n) is 2.81. The molecule has 13 heavy (non-hydrogen) atoms. The number of hydrogen-bond acceptors (Lipinski definition) is 4. The molecule has 0 saturated carbocycles. The zero-order valence-electron chi connectivity index (χ0n) is 7.21. The Morgan fingerprint density at radius 3 is 3.00 bits per heavy atom. The fraction of sp³-hybridized carbons (Fsp3) is 0.250. The van der Waals surface area contributed by atoms with Crippen molar-refractivity contribution in [3.63, 3.8) is 0 Å². The van der Waals surface area contributed by atoms with E-state index >= 15 is 0 Å². The molecule has 0 amide bonds. The molecule has 2 rings (SSSR count). The highest BCUT2D eigenvalue weighted by molar-refractivity contribution is 7.10. The Hall–Kier alpha value is -1.20. The third kappa shape index (κ3) is 1.61. The van der Waals surface area contributed by atoms with Crippen molar-refractivity contribution in [2.45, 2.75) is 6.04 Å². The first-order chi connectivity index (χ1) is 6.27. The number of rotatable bonds is 2. The highest BCUT2D eigenvalue weighted by atomic mass is 32.1. The van der Waals surface area contributed by atoms with E-state index in [1.54, 1.807) is 16.0 Å². The minimum Gasteiger partial charge on any atom is -0.318 e. The maximum absolute atomic E-state index is 5.97. The number of aryl methyl sites for hydroxylation is 1. The number of thiophene rings is 1. The van der Waals surface area contributed by atoms with Gasteiger partial charge in [-0.3, -0.25) is 4.68 Å². The Labute approximate surface area is 80.0 Å².